The van der Waals surface area contributed by atoms with Crippen LogP contribution in [0.5, 0.6) is 0 Å². The Morgan fingerprint density at radius 3 is 2.56 bits per heavy atom. The van der Waals surface area contributed by atoms with Crippen molar-refractivity contribution in [1.82, 2.24) is 4.98 Å². The van der Waals surface area contributed by atoms with E-state index >= 15 is 0 Å². The molecule has 0 saturated carbocycles. The third kappa shape index (κ3) is 3.89. The van der Waals surface area contributed by atoms with Crippen molar-refractivity contribution in [1.29, 1.82) is 0 Å². The Bertz CT molecular complexity index is 839. The number of carbonyl (C=O) groups is 1. The summed E-state index contributed by atoms with van der Waals surface area (Å²) in [5.41, 5.74) is 5.34. The number of allylic oxidation sites excluding steroid dienone is 2. The SMILES string of the molecule is CCN(CC)c1ccc(N=C2C=CC(=O)c3ncccc32)cc1C.[Cu]. The number of ketones is 1. The van der Waals surface area contributed by atoms with Crippen LogP contribution in [0.4, 0.5) is 11.4 Å². The van der Waals surface area contributed by atoms with Gasteiger partial charge in [-0.2, -0.15) is 0 Å². The van der Waals surface area contributed by atoms with Crippen LogP contribution in [0, 0.1) is 6.92 Å². The summed E-state index contributed by atoms with van der Waals surface area (Å²) in [6, 6.07) is 9.94. The molecular weight excluding hydrogens is 362 g/mol. The molecule has 4 nitrogen and oxygen atoms in total. The number of rotatable bonds is 4. The van der Waals surface area contributed by atoms with Crippen LogP contribution in [0.1, 0.15) is 35.5 Å². The molecule has 25 heavy (non-hydrogen) atoms. The maximum absolute atomic E-state index is 11.9. The van der Waals surface area contributed by atoms with E-state index in [0.29, 0.717) is 5.69 Å². The number of fused-ring (bicyclic) bond motifs is 1. The fourth-order valence-electron chi connectivity index (χ4n) is 3.00. The van der Waals surface area contributed by atoms with E-state index in [1.807, 2.05) is 18.2 Å². The van der Waals surface area contributed by atoms with Gasteiger partial charge < -0.3 is 4.90 Å². The molecule has 0 spiro atoms. The van der Waals surface area contributed by atoms with Gasteiger partial charge in [0.25, 0.3) is 0 Å². The van der Waals surface area contributed by atoms with Crippen LogP contribution in [0.15, 0.2) is 53.7 Å². The average molecular weight is 383 g/mol. The van der Waals surface area contributed by atoms with E-state index in [4.69, 9.17) is 4.99 Å². The average Bonchev–Trinajstić information content (AvgIpc) is 2.60. The van der Waals surface area contributed by atoms with Crippen molar-refractivity contribution >= 4 is 22.9 Å². The largest absolute Gasteiger partial charge is 0.372 e. The molecular formula is C20H21CuN3O. The summed E-state index contributed by atoms with van der Waals surface area (Å²) in [7, 11) is 0. The Labute approximate surface area is 159 Å². The second-order valence-electron chi connectivity index (χ2n) is 5.74. The molecule has 0 fully saturated rings. The number of aromatic nitrogens is 1. The van der Waals surface area contributed by atoms with Crippen LogP contribution in [-0.2, 0) is 17.1 Å². The number of carbonyl (C=O) groups excluding carboxylic acids is 1. The summed E-state index contributed by atoms with van der Waals surface area (Å²) in [4.78, 5) is 23.1. The number of hydrogen-bond acceptors (Lipinski definition) is 4. The zero-order valence-corrected chi connectivity index (χ0v) is 15.5. The van der Waals surface area contributed by atoms with Crippen molar-refractivity contribution in [2.45, 2.75) is 20.8 Å². The van der Waals surface area contributed by atoms with Gasteiger partial charge in [0, 0.05) is 47.6 Å². The smallest absolute Gasteiger partial charge is 0.204 e. The number of aryl methyl sites for hydroxylation is 1. The summed E-state index contributed by atoms with van der Waals surface area (Å²) in [5.74, 6) is -0.0717. The molecule has 0 aliphatic heterocycles. The molecule has 0 bridgehead atoms. The Balaban J connectivity index is 0.00000225. The van der Waals surface area contributed by atoms with Crippen molar-refractivity contribution in [2.75, 3.05) is 18.0 Å². The van der Waals surface area contributed by atoms with Gasteiger partial charge in [-0.05, 0) is 68.8 Å². The maximum Gasteiger partial charge on any atom is 0.204 e. The van der Waals surface area contributed by atoms with Gasteiger partial charge in [-0.3, -0.25) is 9.78 Å². The van der Waals surface area contributed by atoms with Crippen LogP contribution in [-0.4, -0.2) is 29.6 Å². The van der Waals surface area contributed by atoms with Gasteiger partial charge in [-0.25, -0.2) is 4.99 Å². The number of pyridine rings is 1. The van der Waals surface area contributed by atoms with Crippen LogP contribution in [0.25, 0.3) is 0 Å². The standard InChI is InChI=1S/C20H21N3O.Cu/c1-4-23(5-2)18-10-8-15(13-14(18)3)22-17-9-11-19(24)20-16(17)7-6-12-21-20;/h6-13H,4-5H2,1-3H3;. The minimum absolute atomic E-state index is 0. The third-order valence-electron chi connectivity index (χ3n) is 4.24. The monoisotopic (exact) mass is 382 g/mol. The summed E-state index contributed by atoms with van der Waals surface area (Å²) in [6.07, 6.45) is 4.93. The number of aliphatic imine (C=N–C) groups is 1. The van der Waals surface area contributed by atoms with Crippen molar-refractivity contribution in [3.8, 4) is 0 Å². The second-order valence-corrected chi connectivity index (χ2v) is 5.74. The fourth-order valence-corrected chi connectivity index (χ4v) is 3.00. The summed E-state index contributed by atoms with van der Waals surface area (Å²) < 4.78 is 0. The van der Waals surface area contributed by atoms with Gasteiger partial charge in [0.2, 0.25) is 5.78 Å². The molecule has 1 aliphatic carbocycles. The third-order valence-corrected chi connectivity index (χ3v) is 4.24. The Kier molecular flexibility index (Phi) is 6.29. The molecule has 3 rings (SSSR count). The molecule has 0 atom stereocenters. The molecule has 1 aromatic heterocycles. The molecule has 0 unspecified atom stereocenters. The second kappa shape index (κ2) is 8.23. The molecule has 1 aromatic carbocycles. The summed E-state index contributed by atoms with van der Waals surface area (Å²) >= 11 is 0. The van der Waals surface area contributed by atoms with E-state index in [-0.39, 0.29) is 22.9 Å². The van der Waals surface area contributed by atoms with E-state index in [1.54, 1.807) is 12.3 Å². The number of anilines is 1. The van der Waals surface area contributed by atoms with E-state index in [9.17, 15) is 4.79 Å². The Hall–Kier alpha value is -2.23. The topological polar surface area (TPSA) is 45.6 Å². The fraction of sp³-hybridized carbons (Fsp3) is 0.250. The number of hydrogen-bond donors (Lipinski definition) is 0. The zero-order valence-electron chi connectivity index (χ0n) is 14.6. The molecule has 0 N–H and O–H groups in total. The predicted octanol–water partition coefficient (Wildman–Crippen LogP) is 4.11. The molecule has 0 amide bonds. The minimum Gasteiger partial charge on any atom is -0.372 e. The van der Waals surface area contributed by atoms with Gasteiger partial charge in [-0.15, -0.1) is 0 Å². The van der Waals surface area contributed by atoms with Gasteiger partial charge >= 0.3 is 0 Å². The van der Waals surface area contributed by atoms with Crippen molar-refractivity contribution in [2.24, 2.45) is 4.99 Å². The predicted molar refractivity (Wildman–Crippen MR) is 98.6 cm³/mol. The van der Waals surface area contributed by atoms with E-state index in [1.165, 1.54) is 17.3 Å². The summed E-state index contributed by atoms with van der Waals surface area (Å²) in [6.45, 7) is 8.38. The van der Waals surface area contributed by atoms with Crippen LogP contribution in [0.3, 0.4) is 0 Å². The minimum atomic E-state index is -0.0717. The normalized spacial score (nSPS) is 14.2. The first-order valence-corrected chi connectivity index (χ1v) is 8.26. The maximum atomic E-state index is 11.9. The van der Waals surface area contributed by atoms with Crippen molar-refractivity contribution < 1.29 is 21.9 Å². The van der Waals surface area contributed by atoms with E-state index in [2.05, 4.69) is 42.8 Å². The van der Waals surface area contributed by atoms with Gasteiger partial charge in [0.1, 0.15) is 5.69 Å². The van der Waals surface area contributed by atoms with Crippen LogP contribution < -0.4 is 4.90 Å². The molecule has 1 heterocycles. The first-order valence-electron chi connectivity index (χ1n) is 8.26. The van der Waals surface area contributed by atoms with Gasteiger partial charge in [0.15, 0.2) is 0 Å². The van der Waals surface area contributed by atoms with Crippen molar-refractivity contribution in [3.63, 3.8) is 0 Å². The first-order chi connectivity index (χ1) is 11.6. The molecule has 1 aliphatic rings. The van der Waals surface area contributed by atoms with Crippen molar-refractivity contribution in [3.05, 3.63) is 65.5 Å². The Morgan fingerprint density at radius 2 is 1.88 bits per heavy atom. The summed E-state index contributed by atoms with van der Waals surface area (Å²) in [5, 5.41) is 0. The quantitative estimate of drug-likeness (QED) is 0.747. The number of nitrogens with zero attached hydrogens (tertiary/aromatic N) is 3. The first kappa shape index (κ1) is 19.1. The van der Waals surface area contributed by atoms with Crippen LogP contribution in [0.2, 0.25) is 0 Å². The van der Waals surface area contributed by atoms with Crippen LogP contribution >= 0.6 is 0 Å². The molecule has 0 saturated heterocycles. The number of benzene rings is 1. The van der Waals surface area contributed by atoms with Gasteiger partial charge in [-0.1, -0.05) is 0 Å². The van der Waals surface area contributed by atoms with E-state index < -0.39 is 0 Å². The molecule has 1 radical (unpaired) electrons. The molecule has 133 valence electrons. The molecule has 5 heteroatoms. The Morgan fingerprint density at radius 1 is 1.12 bits per heavy atom. The molecule has 2 aromatic rings. The van der Waals surface area contributed by atoms with E-state index in [0.717, 1.165) is 30.1 Å². The zero-order chi connectivity index (χ0) is 17.1. The van der Waals surface area contributed by atoms with Gasteiger partial charge in [0.05, 0.1) is 11.4 Å².